The molecule has 0 unspecified atom stereocenters. The van der Waals surface area contributed by atoms with Crippen molar-refractivity contribution in [3.8, 4) is 17.2 Å². The molecule has 1 aromatic heterocycles. The van der Waals surface area contributed by atoms with Gasteiger partial charge < -0.3 is 25.8 Å². The summed E-state index contributed by atoms with van der Waals surface area (Å²) >= 11 is 0. The van der Waals surface area contributed by atoms with Crippen LogP contribution in [0.4, 0.5) is 5.69 Å². The lowest BCUT2D eigenvalue weighted by Gasteiger charge is -2.12. The second kappa shape index (κ2) is 3.67. The Morgan fingerprint density at radius 3 is 2.74 bits per heavy atom. The smallest absolute Gasteiger partial charge is 0.282 e. The Labute approximate surface area is 107 Å². The number of aryl methyl sites for hydroxylation is 1. The fraction of sp³-hybridized carbons (Fsp3) is 0.273. The molecule has 8 nitrogen and oxygen atoms in total. The zero-order valence-electron chi connectivity index (χ0n) is 10.4. The van der Waals surface area contributed by atoms with Crippen molar-refractivity contribution in [1.29, 1.82) is 0 Å². The van der Waals surface area contributed by atoms with Crippen molar-refractivity contribution in [1.82, 2.24) is 9.66 Å². The maximum Gasteiger partial charge on any atom is 0.282 e. The number of ether oxygens (including phenoxy) is 3. The van der Waals surface area contributed by atoms with Crippen LogP contribution >= 0.6 is 0 Å². The Bertz CT molecular complexity index is 753. The molecule has 0 saturated carbocycles. The van der Waals surface area contributed by atoms with Gasteiger partial charge in [-0.1, -0.05) is 0 Å². The molecule has 0 amide bonds. The van der Waals surface area contributed by atoms with Crippen LogP contribution in [0.1, 0.15) is 5.82 Å². The topological polar surface area (TPSA) is 115 Å². The van der Waals surface area contributed by atoms with Gasteiger partial charge in [-0.2, -0.15) is 0 Å². The molecule has 0 radical (unpaired) electrons. The van der Waals surface area contributed by atoms with Crippen LogP contribution < -0.4 is 31.3 Å². The van der Waals surface area contributed by atoms with E-state index in [0.29, 0.717) is 22.8 Å². The molecule has 0 bridgehead atoms. The van der Waals surface area contributed by atoms with Crippen LogP contribution in [-0.2, 0) is 0 Å². The van der Waals surface area contributed by atoms with Crippen LogP contribution in [-0.4, -0.2) is 23.6 Å². The highest BCUT2D eigenvalue weighted by Gasteiger charge is 2.29. The first kappa shape index (κ1) is 11.5. The van der Waals surface area contributed by atoms with E-state index in [1.165, 1.54) is 7.11 Å². The highest BCUT2D eigenvalue weighted by atomic mass is 16.7. The molecule has 0 spiro atoms. The predicted octanol–water partition coefficient (Wildman–Crippen LogP) is -0.262. The van der Waals surface area contributed by atoms with Gasteiger partial charge in [-0.3, -0.25) is 4.79 Å². The summed E-state index contributed by atoms with van der Waals surface area (Å²) in [5.74, 6) is 6.93. The maximum atomic E-state index is 12.2. The molecule has 2 aromatic rings. The van der Waals surface area contributed by atoms with Crippen molar-refractivity contribution in [2.24, 2.45) is 0 Å². The number of methoxy groups -OCH3 is 1. The number of nitrogen functional groups attached to an aromatic ring is 2. The normalized spacial score (nSPS) is 12.9. The van der Waals surface area contributed by atoms with Gasteiger partial charge in [0.05, 0.1) is 18.2 Å². The fourth-order valence-corrected chi connectivity index (χ4v) is 2.11. The van der Waals surface area contributed by atoms with Gasteiger partial charge in [0.2, 0.25) is 12.5 Å². The minimum Gasteiger partial charge on any atom is -0.491 e. The number of hydrogen-bond acceptors (Lipinski definition) is 7. The van der Waals surface area contributed by atoms with Gasteiger partial charge in [-0.15, -0.1) is 0 Å². The van der Waals surface area contributed by atoms with Crippen LogP contribution in [0.3, 0.4) is 0 Å². The summed E-state index contributed by atoms with van der Waals surface area (Å²) in [6.45, 7) is 1.64. The number of fused-ring (bicyclic) bond motifs is 3. The molecule has 1 aliphatic rings. The van der Waals surface area contributed by atoms with E-state index >= 15 is 0 Å². The monoisotopic (exact) mass is 264 g/mol. The predicted molar refractivity (Wildman–Crippen MR) is 68.0 cm³/mol. The number of nitrogens with zero attached hydrogens (tertiary/aromatic N) is 2. The summed E-state index contributed by atoms with van der Waals surface area (Å²) < 4.78 is 16.8. The summed E-state index contributed by atoms with van der Waals surface area (Å²) in [5, 5.41) is 0.161. The minimum atomic E-state index is -0.461. The van der Waals surface area contributed by atoms with E-state index in [4.69, 9.17) is 25.8 Å². The van der Waals surface area contributed by atoms with Crippen molar-refractivity contribution in [2.75, 3.05) is 25.5 Å². The molecule has 0 atom stereocenters. The Kier molecular flexibility index (Phi) is 2.21. The summed E-state index contributed by atoms with van der Waals surface area (Å²) in [5.41, 5.74) is 5.96. The van der Waals surface area contributed by atoms with Crippen molar-refractivity contribution >= 4 is 16.6 Å². The molecular weight excluding hydrogens is 252 g/mol. The van der Waals surface area contributed by atoms with Gasteiger partial charge in [0, 0.05) is 0 Å². The molecular formula is C11H12N4O4. The Morgan fingerprint density at radius 2 is 2.05 bits per heavy atom. The highest BCUT2D eigenvalue weighted by Crippen LogP contribution is 2.49. The lowest BCUT2D eigenvalue weighted by molar-refractivity contribution is 0.172. The zero-order chi connectivity index (χ0) is 13.7. The number of anilines is 1. The Balaban J connectivity index is 2.58. The van der Waals surface area contributed by atoms with Crippen molar-refractivity contribution in [2.45, 2.75) is 6.92 Å². The maximum absolute atomic E-state index is 12.2. The van der Waals surface area contributed by atoms with E-state index in [2.05, 4.69) is 4.98 Å². The number of benzene rings is 1. The summed E-state index contributed by atoms with van der Waals surface area (Å²) in [7, 11) is 1.43. The van der Waals surface area contributed by atoms with Crippen LogP contribution in [0.5, 0.6) is 17.2 Å². The van der Waals surface area contributed by atoms with Crippen LogP contribution in [0.2, 0.25) is 0 Å². The first-order valence-corrected chi connectivity index (χ1v) is 5.49. The summed E-state index contributed by atoms with van der Waals surface area (Å²) in [6.07, 6.45) is 0. The average molecular weight is 264 g/mol. The third-order valence-electron chi connectivity index (χ3n) is 3.04. The Hall–Kier alpha value is -2.64. The number of hydrogen-bond donors (Lipinski definition) is 2. The zero-order valence-corrected chi connectivity index (χ0v) is 10.4. The van der Waals surface area contributed by atoms with Gasteiger partial charge in [0.15, 0.2) is 11.5 Å². The molecule has 4 N–H and O–H groups in total. The number of rotatable bonds is 1. The first-order chi connectivity index (χ1) is 9.06. The van der Waals surface area contributed by atoms with E-state index in [9.17, 15) is 4.79 Å². The molecule has 0 saturated heterocycles. The van der Waals surface area contributed by atoms with E-state index in [-0.39, 0.29) is 23.6 Å². The highest BCUT2D eigenvalue weighted by molar-refractivity contribution is 6.00. The second-order valence-electron chi connectivity index (χ2n) is 4.07. The molecule has 3 rings (SSSR count). The Morgan fingerprint density at radius 1 is 1.37 bits per heavy atom. The molecule has 0 fully saturated rings. The van der Waals surface area contributed by atoms with E-state index in [1.807, 2.05) is 0 Å². The molecule has 100 valence electrons. The van der Waals surface area contributed by atoms with E-state index in [1.54, 1.807) is 6.92 Å². The standard InChI is InChI=1S/C11H12N4O4/c1-4-14-7-5(11(16)15(4)13)6(12)8(17-2)10-9(7)18-3-19-10/h3,12-13H2,1-2H3. The van der Waals surface area contributed by atoms with E-state index in [0.717, 1.165) is 4.68 Å². The molecule has 0 aliphatic carbocycles. The first-order valence-electron chi connectivity index (χ1n) is 5.49. The van der Waals surface area contributed by atoms with Gasteiger partial charge in [-0.05, 0) is 6.92 Å². The SMILES string of the molecule is COc1c2c(c3nc(C)n(N)c(=O)c3c1N)OCO2. The largest absolute Gasteiger partial charge is 0.491 e. The lowest BCUT2D eigenvalue weighted by atomic mass is 10.1. The minimum absolute atomic E-state index is 0.0245. The van der Waals surface area contributed by atoms with Crippen LogP contribution in [0, 0.1) is 6.92 Å². The molecule has 1 aromatic carbocycles. The quantitative estimate of drug-likeness (QED) is 0.538. The third kappa shape index (κ3) is 1.33. The summed E-state index contributed by atoms with van der Waals surface area (Å²) in [6, 6.07) is 0. The molecule has 19 heavy (non-hydrogen) atoms. The number of aromatic nitrogens is 2. The number of nitrogens with two attached hydrogens (primary N) is 2. The summed E-state index contributed by atoms with van der Waals surface area (Å²) in [4.78, 5) is 16.4. The van der Waals surface area contributed by atoms with Crippen molar-refractivity contribution in [3.05, 3.63) is 16.2 Å². The van der Waals surface area contributed by atoms with Gasteiger partial charge >= 0.3 is 0 Å². The van der Waals surface area contributed by atoms with Gasteiger partial charge in [0.1, 0.15) is 11.3 Å². The van der Waals surface area contributed by atoms with Gasteiger partial charge in [0.25, 0.3) is 5.56 Å². The molecule has 1 aliphatic heterocycles. The van der Waals surface area contributed by atoms with Crippen LogP contribution in [0.25, 0.3) is 10.9 Å². The van der Waals surface area contributed by atoms with Gasteiger partial charge in [-0.25, -0.2) is 9.66 Å². The van der Waals surface area contributed by atoms with E-state index < -0.39 is 5.56 Å². The fourth-order valence-electron chi connectivity index (χ4n) is 2.11. The molecule has 2 heterocycles. The third-order valence-corrected chi connectivity index (χ3v) is 3.04. The van der Waals surface area contributed by atoms with Crippen molar-refractivity contribution in [3.63, 3.8) is 0 Å². The molecule has 8 heteroatoms. The lowest BCUT2D eigenvalue weighted by Crippen LogP contribution is -2.30. The van der Waals surface area contributed by atoms with Crippen LogP contribution in [0.15, 0.2) is 4.79 Å². The second-order valence-corrected chi connectivity index (χ2v) is 4.07. The average Bonchev–Trinajstić information content (AvgIpc) is 2.85. The van der Waals surface area contributed by atoms with Crippen molar-refractivity contribution < 1.29 is 14.2 Å².